The molecule has 1 amide bonds. The smallest absolute Gasteiger partial charge is 0.222 e. The summed E-state index contributed by atoms with van der Waals surface area (Å²) in [5.41, 5.74) is 6.31. The summed E-state index contributed by atoms with van der Waals surface area (Å²) in [6.07, 6.45) is 5.32. The Hall–Kier alpha value is -3.08. The number of aryl methyl sites for hydroxylation is 2. The summed E-state index contributed by atoms with van der Waals surface area (Å²) in [5, 5.41) is 7.20. The van der Waals surface area contributed by atoms with Crippen LogP contribution >= 0.6 is 0 Å². The second-order valence-corrected chi connectivity index (χ2v) is 7.42. The van der Waals surface area contributed by atoms with E-state index in [1.807, 2.05) is 13.1 Å². The van der Waals surface area contributed by atoms with E-state index in [-0.39, 0.29) is 5.91 Å². The van der Waals surface area contributed by atoms with Gasteiger partial charge in [0.25, 0.3) is 0 Å². The van der Waals surface area contributed by atoms with Gasteiger partial charge in [-0.15, -0.1) is 0 Å². The number of benzene rings is 2. The number of hydrogen-bond donors (Lipinski definition) is 1. The molecule has 0 saturated heterocycles. The number of para-hydroxylation sites is 1. The van der Waals surface area contributed by atoms with Crippen molar-refractivity contribution in [3.8, 4) is 0 Å². The van der Waals surface area contributed by atoms with Crippen LogP contribution < -0.4 is 10.2 Å². The molecular weight excluding hydrogens is 348 g/mol. The highest BCUT2D eigenvalue weighted by Crippen LogP contribution is 2.28. The van der Waals surface area contributed by atoms with Crippen molar-refractivity contribution in [2.45, 2.75) is 39.4 Å². The van der Waals surface area contributed by atoms with E-state index < -0.39 is 0 Å². The number of aromatic nitrogens is 2. The van der Waals surface area contributed by atoms with Gasteiger partial charge in [-0.2, -0.15) is 5.10 Å². The number of rotatable bonds is 7. The largest absolute Gasteiger partial charge is 0.367 e. The average Bonchev–Trinajstić information content (AvgIpc) is 3.32. The molecule has 2 heterocycles. The van der Waals surface area contributed by atoms with Crippen LogP contribution in [0.15, 0.2) is 60.9 Å². The van der Waals surface area contributed by atoms with Gasteiger partial charge >= 0.3 is 0 Å². The molecule has 1 N–H and O–H groups in total. The van der Waals surface area contributed by atoms with Crippen molar-refractivity contribution >= 4 is 11.6 Å². The van der Waals surface area contributed by atoms with E-state index in [9.17, 15) is 4.79 Å². The van der Waals surface area contributed by atoms with Crippen LogP contribution in [-0.2, 0) is 30.8 Å². The molecule has 0 bridgehead atoms. The maximum atomic E-state index is 12.1. The zero-order chi connectivity index (χ0) is 19.3. The Kier molecular flexibility index (Phi) is 5.42. The van der Waals surface area contributed by atoms with E-state index in [0.717, 1.165) is 30.6 Å². The molecule has 144 valence electrons. The van der Waals surface area contributed by atoms with Gasteiger partial charge in [-0.3, -0.25) is 9.48 Å². The first-order valence-corrected chi connectivity index (χ1v) is 9.84. The molecule has 4 rings (SSSR count). The van der Waals surface area contributed by atoms with E-state index in [2.05, 4.69) is 63.8 Å². The number of carbonyl (C=O) groups excluding carboxylic acids is 1. The minimum Gasteiger partial charge on any atom is -0.367 e. The molecule has 1 aromatic heterocycles. The van der Waals surface area contributed by atoms with Crippen LogP contribution in [0.5, 0.6) is 0 Å². The van der Waals surface area contributed by atoms with Crippen LogP contribution in [0.25, 0.3) is 0 Å². The van der Waals surface area contributed by atoms with Gasteiger partial charge < -0.3 is 10.2 Å². The minimum atomic E-state index is 0.0471. The van der Waals surface area contributed by atoms with Crippen LogP contribution in [0.2, 0.25) is 0 Å². The molecule has 0 aliphatic carbocycles. The fourth-order valence-electron chi connectivity index (χ4n) is 3.65. The van der Waals surface area contributed by atoms with Gasteiger partial charge in [0, 0.05) is 44.5 Å². The Morgan fingerprint density at radius 3 is 2.68 bits per heavy atom. The Bertz CT molecular complexity index is 945. The first kappa shape index (κ1) is 18.3. The van der Waals surface area contributed by atoms with Gasteiger partial charge in [0.05, 0.1) is 6.20 Å². The van der Waals surface area contributed by atoms with Gasteiger partial charge in [-0.25, -0.2) is 0 Å². The summed E-state index contributed by atoms with van der Waals surface area (Å²) in [7, 11) is 0. The van der Waals surface area contributed by atoms with Crippen molar-refractivity contribution in [3.63, 3.8) is 0 Å². The van der Waals surface area contributed by atoms with Crippen LogP contribution in [0.1, 0.15) is 28.7 Å². The lowest BCUT2D eigenvalue weighted by Gasteiger charge is -2.19. The summed E-state index contributed by atoms with van der Waals surface area (Å²) in [5.74, 6) is 0.0471. The van der Waals surface area contributed by atoms with Gasteiger partial charge in [0.15, 0.2) is 0 Å². The monoisotopic (exact) mass is 374 g/mol. The Labute approximate surface area is 166 Å². The molecule has 28 heavy (non-hydrogen) atoms. The molecule has 1 aliphatic heterocycles. The van der Waals surface area contributed by atoms with Gasteiger partial charge in [-0.1, -0.05) is 42.5 Å². The van der Waals surface area contributed by atoms with Crippen LogP contribution in [0, 0.1) is 6.92 Å². The zero-order valence-corrected chi connectivity index (χ0v) is 16.3. The van der Waals surface area contributed by atoms with Gasteiger partial charge in [0.1, 0.15) is 0 Å². The number of nitrogens with zero attached hydrogens (tertiary/aromatic N) is 3. The molecule has 0 saturated carbocycles. The number of hydrogen-bond acceptors (Lipinski definition) is 3. The molecule has 5 nitrogen and oxygen atoms in total. The number of fused-ring (bicyclic) bond motifs is 1. The summed E-state index contributed by atoms with van der Waals surface area (Å²) >= 11 is 0. The van der Waals surface area contributed by atoms with E-state index in [4.69, 9.17) is 0 Å². The zero-order valence-electron chi connectivity index (χ0n) is 16.3. The molecule has 0 spiro atoms. The predicted molar refractivity (Wildman–Crippen MR) is 111 cm³/mol. The number of nitrogens with one attached hydrogen (secondary N) is 1. The third-order valence-electron chi connectivity index (χ3n) is 5.20. The molecule has 0 unspecified atom stereocenters. The lowest BCUT2D eigenvalue weighted by Crippen LogP contribution is -2.24. The van der Waals surface area contributed by atoms with Crippen LogP contribution in [-0.4, -0.2) is 22.2 Å². The highest BCUT2D eigenvalue weighted by molar-refractivity contribution is 5.75. The molecule has 3 aromatic rings. The minimum absolute atomic E-state index is 0.0471. The van der Waals surface area contributed by atoms with Crippen molar-refractivity contribution in [1.82, 2.24) is 15.1 Å². The maximum Gasteiger partial charge on any atom is 0.222 e. The number of amides is 1. The molecule has 0 radical (unpaired) electrons. The third-order valence-corrected chi connectivity index (χ3v) is 5.20. The van der Waals surface area contributed by atoms with Crippen molar-refractivity contribution in [2.75, 3.05) is 11.4 Å². The third kappa shape index (κ3) is 4.42. The topological polar surface area (TPSA) is 50.2 Å². The average molecular weight is 374 g/mol. The van der Waals surface area contributed by atoms with E-state index in [1.54, 1.807) is 10.9 Å². The molecule has 0 fully saturated rings. The Balaban J connectivity index is 1.25. The van der Waals surface area contributed by atoms with Crippen molar-refractivity contribution in [3.05, 3.63) is 83.2 Å². The molecule has 2 aromatic carbocycles. The lowest BCUT2D eigenvalue weighted by molar-refractivity contribution is -0.121. The fraction of sp³-hybridized carbons (Fsp3) is 0.304. The van der Waals surface area contributed by atoms with E-state index in [0.29, 0.717) is 19.5 Å². The Morgan fingerprint density at radius 2 is 1.89 bits per heavy atom. The van der Waals surface area contributed by atoms with Crippen molar-refractivity contribution in [2.24, 2.45) is 0 Å². The first-order chi connectivity index (χ1) is 13.7. The van der Waals surface area contributed by atoms with Crippen LogP contribution in [0.3, 0.4) is 0 Å². The predicted octanol–water partition coefficient (Wildman–Crippen LogP) is 3.46. The summed E-state index contributed by atoms with van der Waals surface area (Å²) < 4.78 is 1.81. The number of anilines is 1. The highest BCUT2D eigenvalue weighted by atomic mass is 16.1. The fourth-order valence-corrected chi connectivity index (χ4v) is 3.65. The quantitative estimate of drug-likeness (QED) is 0.689. The first-order valence-electron chi connectivity index (χ1n) is 9.84. The SMILES string of the molecule is Cc1cnn(CCC(=O)NCc2ccc(CN3CCc4ccccc43)cc2)c1. The summed E-state index contributed by atoms with van der Waals surface area (Å²) in [4.78, 5) is 14.5. The summed E-state index contributed by atoms with van der Waals surface area (Å²) in [6.45, 7) is 5.16. The van der Waals surface area contributed by atoms with Gasteiger partial charge in [0.2, 0.25) is 5.91 Å². The van der Waals surface area contributed by atoms with E-state index >= 15 is 0 Å². The number of carbonyl (C=O) groups is 1. The molecule has 5 heteroatoms. The normalized spacial score (nSPS) is 12.8. The van der Waals surface area contributed by atoms with Crippen molar-refractivity contribution in [1.29, 1.82) is 0 Å². The maximum absolute atomic E-state index is 12.1. The Morgan fingerprint density at radius 1 is 1.11 bits per heavy atom. The molecular formula is C23H26N4O. The highest BCUT2D eigenvalue weighted by Gasteiger charge is 2.18. The second-order valence-electron chi connectivity index (χ2n) is 7.42. The van der Waals surface area contributed by atoms with Crippen molar-refractivity contribution < 1.29 is 4.79 Å². The molecule has 1 aliphatic rings. The second kappa shape index (κ2) is 8.30. The van der Waals surface area contributed by atoms with E-state index in [1.165, 1.54) is 16.8 Å². The lowest BCUT2D eigenvalue weighted by atomic mass is 10.1. The van der Waals surface area contributed by atoms with Crippen LogP contribution in [0.4, 0.5) is 5.69 Å². The van der Waals surface area contributed by atoms with Gasteiger partial charge in [-0.05, 0) is 41.7 Å². The summed E-state index contributed by atoms with van der Waals surface area (Å²) in [6, 6.07) is 17.2. The molecule has 0 atom stereocenters. The standard InChI is InChI=1S/C23H26N4O/c1-18-14-25-27(16-18)13-11-23(28)24-15-19-6-8-20(9-7-19)17-26-12-10-21-4-2-3-5-22(21)26/h2-9,14,16H,10-13,15,17H2,1H3,(H,24,28).